The molecule has 1 N–H and O–H groups in total. The standard InChI is InChI=1S/C16H12BrFN2O2S/c17-12-3-1-4-13(9-12)23(21,22)20-10-11-7-8-19-16-14(11)5-2-6-15(16)18/h1-9,20H,10H2. The lowest BCUT2D eigenvalue weighted by Gasteiger charge is -2.09. The third-order valence-corrected chi connectivity index (χ3v) is 5.26. The van der Waals surface area contributed by atoms with Crippen LogP contribution in [-0.4, -0.2) is 13.4 Å². The van der Waals surface area contributed by atoms with E-state index in [1.807, 2.05) is 0 Å². The molecular formula is C16H12BrFN2O2S. The highest BCUT2D eigenvalue weighted by Gasteiger charge is 2.15. The topological polar surface area (TPSA) is 59.1 Å². The van der Waals surface area contributed by atoms with Gasteiger partial charge in [-0.25, -0.2) is 17.5 Å². The summed E-state index contributed by atoms with van der Waals surface area (Å²) in [7, 11) is -3.65. The molecule has 118 valence electrons. The molecular weight excluding hydrogens is 383 g/mol. The van der Waals surface area contributed by atoms with E-state index in [2.05, 4.69) is 25.6 Å². The Labute approximate surface area is 141 Å². The first kappa shape index (κ1) is 16.0. The second-order valence-corrected chi connectivity index (χ2v) is 7.57. The molecule has 0 aliphatic rings. The third-order valence-electron chi connectivity index (χ3n) is 3.37. The fraction of sp³-hybridized carbons (Fsp3) is 0.0625. The van der Waals surface area contributed by atoms with Crippen LogP contribution in [0.15, 0.2) is 64.1 Å². The van der Waals surface area contributed by atoms with Crippen LogP contribution in [0.2, 0.25) is 0 Å². The smallest absolute Gasteiger partial charge is 0.240 e. The number of nitrogens with zero attached hydrogens (tertiary/aromatic N) is 1. The molecule has 0 atom stereocenters. The van der Waals surface area contributed by atoms with Gasteiger partial charge >= 0.3 is 0 Å². The zero-order valence-electron chi connectivity index (χ0n) is 11.8. The highest BCUT2D eigenvalue weighted by molar-refractivity contribution is 9.10. The van der Waals surface area contributed by atoms with Gasteiger partial charge in [-0.2, -0.15) is 0 Å². The Balaban J connectivity index is 1.90. The van der Waals surface area contributed by atoms with Crippen LogP contribution in [0.25, 0.3) is 10.9 Å². The first-order valence-corrected chi connectivity index (χ1v) is 9.02. The summed E-state index contributed by atoms with van der Waals surface area (Å²) in [6.07, 6.45) is 1.47. The maximum absolute atomic E-state index is 13.7. The van der Waals surface area contributed by atoms with Crippen molar-refractivity contribution in [2.75, 3.05) is 0 Å². The molecule has 2 aromatic carbocycles. The Morgan fingerprint density at radius 1 is 1.13 bits per heavy atom. The van der Waals surface area contributed by atoms with Crippen LogP contribution in [0.1, 0.15) is 5.56 Å². The molecule has 0 spiro atoms. The van der Waals surface area contributed by atoms with Crippen molar-refractivity contribution in [3.05, 3.63) is 70.6 Å². The van der Waals surface area contributed by atoms with Crippen molar-refractivity contribution in [1.29, 1.82) is 0 Å². The van der Waals surface area contributed by atoms with E-state index in [1.54, 1.807) is 30.3 Å². The molecule has 0 aliphatic carbocycles. The minimum absolute atomic E-state index is 0.0529. The van der Waals surface area contributed by atoms with Crippen LogP contribution in [0.5, 0.6) is 0 Å². The summed E-state index contributed by atoms with van der Waals surface area (Å²) >= 11 is 3.25. The van der Waals surface area contributed by atoms with E-state index in [0.717, 1.165) is 0 Å². The van der Waals surface area contributed by atoms with Gasteiger partial charge < -0.3 is 0 Å². The van der Waals surface area contributed by atoms with E-state index >= 15 is 0 Å². The SMILES string of the molecule is O=S(=O)(NCc1ccnc2c(F)cccc12)c1cccc(Br)c1. The molecule has 7 heteroatoms. The maximum atomic E-state index is 13.7. The Morgan fingerprint density at radius 3 is 2.70 bits per heavy atom. The normalized spacial score (nSPS) is 11.7. The van der Waals surface area contributed by atoms with Crippen LogP contribution in [0.3, 0.4) is 0 Å². The van der Waals surface area contributed by atoms with Gasteiger partial charge in [0.1, 0.15) is 11.3 Å². The van der Waals surface area contributed by atoms with Crippen LogP contribution < -0.4 is 4.72 Å². The van der Waals surface area contributed by atoms with Crippen molar-refractivity contribution in [3.63, 3.8) is 0 Å². The van der Waals surface area contributed by atoms with E-state index < -0.39 is 15.8 Å². The fourth-order valence-corrected chi connectivity index (χ4v) is 3.84. The average molecular weight is 395 g/mol. The van der Waals surface area contributed by atoms with E-state index in [-0.39, 0.29) is 17.0 Å². The summed E-state index contributed by atoms with van der Waals surface area (Å²) < 4.78 is 41.6. The Morgan fingerprint density at radius 2 is 1.91 bits per heavy atom. The zero-order valence-corrected chi connectivity index (χ0v) is 14.2. The Bertz CT molecular complexity index is 977. The molecule has 1 heterocycles. The van der Waals surface area contributed by atoms with Gasteiger partial charge in [0.25, 0.3) is 0 Å². The minimum Gasteiger partial charge on any atom is -0.253 e. The van der Waals surface area contributed by atoms with E-state index in [0.29, 0.717) is 15.4 Å². The molecule has 0 bridgehead atoms. The molecule has 0 unspecified atom stereocenters. The summed E-state index contributed by atoms with van der Waals surface area (Å²) in [5, 5.41) is 0.587. The molecule has 0 amide bonds. The first-order chi connectivity index (χ1) is 11.0. The molecule has 4 nitrogen and oxygen atoms in total. The summed E-state index contributed by atoms with van der Waals surface area (Å²) in [4.78, 5) is 4.16. The van der Waals surface area contributed by atoms with Crippen molar-refractivity contribution < 1.29 is 12.8 Å². The lowest BCUT2D eigenvalue weighted by Crippen LogP contribution is -2.23. The summed E-state index contributed by atoms with van der Waals surface area (Å²) in [6.45, 7) is 0.0529. The highest BCUT2D eigenvalue weighted by Crippen LogP contribution is 2.20. The van der Waals surface area contributed by atoms with Gasteiger partial charge in [0.2, 0.25) is 10.0 Å². The van der Waals surface area contributed by atoms with Gasteiger partial charge in [0.15, 0.2) is 0 Å². The summed E-state index contributed by atoms with van der Waals surface area (Å²) in [5.41, 5.74) is 0.889. The molecule has 1 aromatic heterocycles. The number of fused-ring (bicyclic) bond motifs is 1. The number of hydrogen-bond acceptors (Lipinski definition) is 3. The number of pyridine rings is 1. The van der Waals surface area contributed by atoms with Gasteiger partial charge in [-0.1, -0.05) is 34.1 Å². The molecule has 0 aliphatic heterocycles. The Kier molecular flexibility index (Phi) is 4.43. The van der Waals surface area contributed by atoms with Crippen molar-refractivity contribution in [1.82, 2.24) is 9.71 Å². The number of nitrogens with one attached hydrogen (secondary N) is 1. The highest BCUT2D eigenvalue weighted by atomic mass is 79.9. The molecule has 23 heavy (non-hydrogen) atoms. The molecule has 3 rings (SSSR count). The van der Waals surface area contributed by atoms with Crippen molar-refractivity contribution in [2.24, 2.45) is 0 Å². The summed E-state index contributed by atoms with van der Waals surface area (Å²) in [6, 6.07) is 12.7. The number of para-hydroxylation sites is 1. The molecule has 0 saturated heterocycles. The predicted molar refractivity (Wildman–Crippen MR) is 89.9 cm³/mol. The Hall–Kier alpha value is -1.83. The first-order valence-electron chi connectivity index (χ1n) is 6.75. The van der Waals surface area contributed by atoms with Crippen molar-refractivity contribution in [2.45, 2.75) is 11.4 Å². The summed E-state index contributed by atoms with van der Waals surface area (Å²) in [5.74, 6) is -0.431. The quantitative estimate of drug-likeness (QED) is 0.734. The largest absolute Gasteiger partial charge is 0.253 e. The zero-order chi connectivity index (χ0) is 16.4. The van der Waals surface area contributed by atoms with E-state index in [9.17, 15) is 12.8 Å². The van der Waals surface area contributed by atoms with Crippen LogP contribution in [-0.2, 0) is 16.6 Å². The average Bonchev–Trinajstić information content (AvgIpc) is 2.53. The maximum Gasteiger partial charge on any atom is 0.240 e. The van der Waals surface area contributed by atoms with E-state index in [1.165, 1.54) is 24.4 Å². The number of benzene rings is 2. The van der Waals surface area contributed by atoms with E-state index in [4.69, 9.17) is 0 Å². The number of sulfonamides is 1. The predicted octanol–water partition coefficient (Wildman–Crippen LogP) is 3.61. The molecule has 3 aromatic rings. The lowest BCUT2D eigenvalue weighted by molar-refractivity contribution is 0.581. The van der Waals surface area contributed by atoms with Gasteiger partial charge in [0, 0.05) is 22.6 Å². The van der Waals surface area contributed by atoms with Gasteiger partial charge in [-0.05, 0) is 35.9 Å². The van der Waals surface area contributed by atoms with Crippen LogP contribution in [0, 0.1) is 5.82 Å². The van der Waals surface area contributed by atoms with Crippen LogP contribution in [0.4, 0.5) is 4.39 Å². The van der Waals surface area contributed by atoms with Crippen molar-refractivity contribution in [3.8, 4) is 0 Å². The number of aromatic nitrogens is 1. The third kappa shape index (κ3) is 3.41. The minimum atomic E-state index is -3.65. The lowest BCUT2D eigenvalue weighted by atomic mass is 10.1. The second kappa shape index (κ2) is 6.35. The fourth-order valence-electron chi connectivity index (χ4n) is 2.24. The molecule has 0 fully saturated rings. The number of halogens is 2. The second-order valence-electron chi connectivity index (χ2n) is 4.89. The monoisotopic (exact) mass is 394 g/mol. The van der Waals surface area contributed by atoms with Crippen LogP contribution >= 0.6 is 15.9 Å². The number of hydrogen-bond donors (Lipinski definition) is 1. The molecule has 0 radical (unpaired) electrons. The van der Waals surface area contributed by atoms with Gasteiger partial charge in [-0.15, -0.1) is 0 Å². The number of rotatable bonds is 4. The van der Waals surface area contributed by atoms with Crippen molar-refractivity contribution >= 4 is 36.9 Å². The molecule has 0 saturated carbocycles. The van der Waals surface area contributed by atoms with Gasteiger partial charge in [0.05, 0.1) is 4.90 Å². The van der Waals surface area contributed by atoms with Gasteiger partial charge in [-0.3, -0.25) is 4.98 Å².